The third-order valence-corrected chi connectivity index (χ3v) is 5.01. The lowest BCUT2D eigenvalue weighted by molar-refractivity contribution is -0.114. The van der Waals surface area contributed by atoms with Gasteiger partial charge in [-0.1, -0.05) is 20.3 Å². The van der Waals surface area contributed by atoms with Gasteiger partial charge >= 0.3 is 0 Å². The molecule has 2 nitrogen and oxygen atoms in total. The van der Waals surface area contributed by atoms with Crippen LogP contribution in [0.2, 0.25) is 0 Å². The van der Waals surface area contributed by atoms with Crippen LogP contribution in [0.5, 0.6) is 0 Å². The Bertz CT molecular complexity index is 251. The number of aldehydes is 1. The molecular formula is C13H22O2. The summed E-state index contributed by atoms with van der Waals surface area (Å²) < 4.78 is 0. The highest BCUT2D eigenvalue weighted by Gasteiger charge is 2.52. The molecule has 2 saturated carbocycles. The van der Waals surface area contributed by atoms with Gasteiger partial charge in [-0.2, -0.15) is 0 Å². The average molecular weight is 210 g/mol. The Morgan fingerprint density at radius 1 is 1.40 bits per heavy atom. The number of rotatable bonds is 2. The van der Waals surface area contributed by atoms with E-state index in [1.54, 1.807) is 0 Å². The van der Waals surface area contributed by atoms with E-state index in [0.717, 1.165) is 32.0 Å². The quantitative estimate of drug-likeness (QED) is 0.711. The Kier molecular flexibility index (Phi) is 2.89. The molecule has 2 aliphatic carbocycles. The lowest BCUT2D eigenvalue weighted by Crippen LogP contribution is -2.41. The van der Waals surface area contributed by atoms with Crippen molar-refractivity contribution in [1.82, 2.24) is 0 Å². The number of fused-ring (bicyclic) bond motifs is 1. The second kappa shape index (κ2) is 3.89. The number of hydrogen-bond donors (Lipinski definition) is 1. The maximum absolute atomic E-state index is 10.9. The van der Waals surface area contributed by atoms with Crippen LogP contribution in [0.4, 0.5) is 0 Å². The molecule has 2 rings (SSSR count). The highest BCUT2D eigenvalue weighted by atomic mass is 16.3. The van der Waals surface area contributed by atoms with E-state index in [-0.39, 0.29) is 17.4 Å². The molecule has 0 bridgehead atoms. The molecule has 0 unspecified atom stereocenters. The molecule has 0 spiro atoms. The molecule has 86 valence electrons. The lowest BCUT2D eigenvalue weighted by atomic mass is 9.62. The van der Waals surface area contributed by atoms with E-state index in [0.29, 0.717) is 11.8 Å². The molecule has 2 aliphatic rings. The van der Waals surface area contributed by atoms with Crippen molar-refractivity contribution < 1.29 is 9.90 Å². The number of hydrogen-bond acceptors (Lipinski definition) is 2. The topological polar surface area (TPSA) is 37.3 Å². The molecule has 0 aliphatic heterocycles. The number of aliphatic hydroxyl groups excluding tert-OH is 1. The van der Waals surface area contributed by atoms with Gasteiger partial charge in [-0.05, 0) is 42.9 Å². The zero-order chi connectivity index (χ0) is 11.1. The summed E-state index contributed by atoms with van der Waals surface area (Å²) in [7, 11) is 0. The van der Waals surface area contributed by atoms with E-state index in [2.05, 4.69) is 6.92 Å². The monoisotopic (exact) mass is 210 g/mol. The van der Waals surface area contributed by atoms with Crippen LogP contribution >= 0.6 is 0 Å². The zero-order valence-electron chi connectivity index (χ0n) is 9.78. The van der Waals surface area contributed by atoms with Gasteiger partial charge < -0.3 is 9.90 Å². The summed E-state index contributed by atoms with van der Waals surface area (Å²) >= 11 is 0. The van der Waals surface area contributed by atoms with Crippen LogP contribution < -0.4 is 0 Å². The van der Waals surface area contributed by atoms with Gasteiger partial charge in [0.15, 0.2) is 0 Å². The van der Waals surface area contributed by atoms with Crippen LogP contribution in [0.3, 0.4) is 0 Å². The molecule has 0 radical (unpaired) electrons. The van der Waals surface area contributed by atoms with Crippen LogP contribution in [0.25, 0.3) is 0 Å². The van der Waals surface area contributed by atoms with Crippen LogP contribution in [0, 0.1) is 23.2 Å². The predicted octanol–water partition coefficient (Wildman–Crippen LogP) is 2.40. The highest BCUT2D eigenvalue weighted by Crippen LogP contribution is 2.57. The summed E-state index contributed by atoms with van der Waals surface area (Å²) in [5.41, 5.74) is 0.220. The Labute approximate surface area is 92.1 Å². The maximum atomic E-state index is 10.9. The van der Waals surface area contributed by atoms with Crippen molar-refractivity contribution in [1.29, 1.82) is 0 Å². The van der Waals surface area contributed by atoms with E-state index < -0.39 is 0 Å². The first-order chi connectivity index (χ1) is 7.09. The van der Waals surface area contributed by atoms with Crippen molar-refractivity contribution >= 4 is 6.29 Å². The fourth-order valence-corrected chi connectivity index (χ4v) is 4.15. The molecule has 0 aromatic carbocycles. The first-order valence-corrected chi connectivity index (χ1v) is 6.23. The van der Waals surface area contributed by atoms with Crippen molar-refractivity contribution in [3.8, 4) is 0 Å². The molecule has 0 aromatic rings. The number of aliphatic hydroxyl groups is 1. The predicted molar refractivity (Wildman–Crippen MR) is 59.4 cm³/mol. The molecule has 1 N–H and O–H groups in total. The van der Waals surface area contributed by atoms with Gasteiger partial charge in [-0.15, -0.1) is 0 Å². The Balaban J connectivity index is 2.20. The zero-order valence-corrected chi connectivity index (χ0v) is 9.78. The second-order valence-electron chi connectivity index (χ2n) is 5.75. The van der Waals surface area contributed by atoms with Gasteiger partial charge in [0, 0.05) is 5.92 Å². The smallest absolute Gasteiger partial charge is 0.123 e. The SMILES string of the molecule is C[C@H](C=O)[C@H]1CC[C@H]2[C@@H](O)CCC[C@]12C. The number of carbonyl (C=O) groups excluding carboxylic acids is 1. The normalized spacial score (nSPS) is 47.3. The van der Waals surface area contributed by atoms with Gasteiger partial charge in [0.2, 0.25) is 0 Å². The fourth-order valence-electron chi connectivity index (χ4n) is 4.15. The van der Waals surface area contributed by atoms with Crippen LogP contribution in [0.15, 0.2) is 0 Å². The lowest BCUT2D eigenvalue weighted by Gasteiger charge is -2.44. The molecule has 2 heteroatoms. The average Bonchev–Trinajstić information content (AvgIpc) is 2.56. The molecular weight excluding hydrogens is 188 g/mol. The van der Waals surface area contributed by atoms with Crippen molar-refractivity contribution in [3.05, 3.63) is 0 Å². The van der Waals surface area contributed by atoms with Gasteiger partial charge in [0.1, 0.15) is 6.29 Å². The minimum atomic E-state index is -0.118. The van der Waals surface area contributed by atoms with Crippen LogP contribution in [-0.4, -0.2) is 17.5 Å². The summed E-state index contributed by atoms with van der Waals surface area (Å²) in [6.07, 6.45) is 6.49. The van der Waals surface area contributed by atoms with E-state index in [4.69, 9.17) is 0 Å². The minimum absolute atomic E-state index is 0.118. The minimum Gasteiger partial charge on any atom is -0.393 e. The standard InChI is InChI=1S/C13H22O2/c1-9(8-14)10-5-6-11-12(15)4-3-7-13(10,11)2/h8-12,15H,3-7H2,1-2H3/t9-,10-,11+,12+,13-/m1/s1. The largest absolute Gasteiger partial charge is 0.393 e. The Hall–Kier alpha value is -0.370. The third kappa shape index (κ3) is 1.63. The van der Waals surface area contributed by atoms with Crippen molar-refractivity contribution in [2.45, 2.75) is 52.1 Å². The van der Waals surface area contributed by atoms with Gasteiger partial charge in [0.05, 0.1) is 6.10 Å². The fraction of sp³-hybridized carbons (Fsp3) is 0.923. The highest BCUT2D eigenvalue weighted by molar-refractivity contribution is 5.53. The summed E-state index contributed by atoms with van der Waals surface area (Å²) in [4.78, 5) is 10.9. The molecule has 0 aromatic heterocycles. The summed E-state index contributed by atoms with van der Waals surface area (Å²) in [6.45, 7) is 4.32. The molecule has 0 amide bonds. The van der Waals surface area contributed by atoms with E-state index in [9.17, 15) is 9.90 Å². The van der Waals surface area contributed by atoms with Crippen molar-refractivity contribution in [2.24, 2.45) is 23.2 Å². The van der Waals surface area contributed by atoms with Gasteiger partial charge in [0.25, 0.3) is 0 Å². The molecule has 5 atom stereocenters. The first kappa shape index (κ1) is 11.1. The summed E-state index contributed by atoms with van der Waals surface area (Å²) in [6, 6.07) is 0. The van der Waals surface area contributed by atoms with E-state index in [1.807, 2.05) is 6.92 Å². The molecule has 2 fully saturated rings. The van der Waals surface area contributed by atoms with E-state index >= 15 is 0 Å². The Morgan fingerprint density at radius 2 is 2.13 bits per heavy atom. The van der Waals surface area contributed by atoms with Crippen molar-refractivity contribution in [2.75, 3.05) is 0 Å². The van der Waals surface area contributed by atoms with Gasteiger partial charge in [-0.25, -0.2) is 0 Å². The Morgan fingerprint density at radius 3 is 2.80 bits per heavy atom. The first-order valence-electron chi connectivity index (χ1n) is 6.23. The maximum Gasteiger partial charge on any atom is 0.123 e. The molecule has 0 saturated heterocycles. The van der Waals surface area contributed by atoms with Crippen LogP contribution in [0.1, 0.15) is 46.0 Å². The number of carbonyl (C=O) groups is 1. The van der Waals surface area contributed by atoms with E-state index in [1.165, 1.54) is 6.42 Å². The van der Waals surface area contributed by atoms with Crippen LogP contribution in [-0.2, 0) is 4.79 Å². The van der Waals surface area contributed by atoms with Crippen molar-refractivity contribution in [3.63, 3.8) is 0 Å². The molecule has 15 heavy (non-hydrogen) atoms. The molecule has 0 heterocycles. The third-order valence-electron chi connectivity index (χ3n) is 5.01. The van der Waals surface area contributed by atoms with Gasteiger partial charge in [-0.3, -0.25) is 0 Å². The summed E-state index contributed by atoms with van der Waals surface area (Å²) in [5.74, 6) is 1.10. The summed E-state index contributed by atoms with van der Waals surface area (Å²) in [5, 5.41) is 10.0. The second-order valence-corrected chi connectivity index (χ2v) is 5.75.